The van der Waals surface area contributed by atoms with E-state index in [0.29, 0.717) is 19.8 Å². The molecule has 20 heavy (non-hydrogen) atoms. The van der Waals surface area contributed by atoms with Crippen LogP contribution in [0.5, 0.6) is 0 Å². The van der Waals surface area contributed by atoms with E-state index in [4.69, 9.17) is 10.5 Å². The van der Waals surface area contributed by atoms with E-state index in [0.717, 1.165) is 17.7 Å². The number of rotatable bonds is 5. The van der Waals surface area contributed by atoms with E-state index in [-0.39, 0.29) is 18.2 Å². The summed E-state index contributed by atoms with van der Waals surface area (Å²) in [7, 11) is 0. The van der Waals surface area contributed by atoms with Crippen molar-refractivity contribution in [2.45, 2.75) is 19.8 Å². The summed E-state index contributed by atoms with van der Waals surface area (Å²) in [6.07, 6.45) is 0.894. The van der Waals surface area contributed by atoms with Crippen molar-refractivity contribution in [1.29, 1.82) is 0 Å². The lowest BCUT2D eigenvalue weighted by Crippen LogP contribution is -2.38. The predicted molar refractivity (Wildman–Crippen MR) is 76.3 cm³/mol. The Balaban J connectivity index is 2.19. The molecule has 108 valence electrons. The summed E-state index contributed by atoms with van der Waals surface area (Å²) in [4.78, 5) is 25.2. The molecule has 1 unspecified atom stereocenters. The van der Waals surface area contributed by atoms with Gasteiger partial charge in [-0.2, -0.15) is 0 Å². The number of hydrogen-bond donors (Lipinski definition) is 1. The van der Waals surface area contributed by atoms with Crippen molar-refractivity contribution >= 4 is 17.5 Å². The molecule has 0 saturated carbocycles. The number of hydrogen-bond acceptors (Lipinski definition) is 3. The van der Waals surface area contributed by atoms with Gasteiger partial charge in [0.1, 0.15) is 0 Å². The first-order chi connectivity index (χ1) is 9.58. The molecule has 2 amide bonds. The summed E-state index contributed by atoms with van der Waals surface area (Å²) >= 11 is 0. The van der Waals surface area contributed by atoms with E-state index in [2.05, 4.69) is 0 Å². The Labute approximate surface area is 118 Å². The quantitative estimate of drug-likeness (QED) is 0.879. The fourth-order valence-electron chi connectivity index (χ4n) is 2.33. The maximum absolute atomic E-state index is 12.6. The summed E-state index contributed by atoms with van der Waals surface area (Å²) in [5.74, 6) is -0.518. The molecular formula is C15H20N2O3. The van der Waals surface area contributed by atoms with Crippen molar-refractivity contribution in [3.8, 4) is 0 Å². The number of benzene rings is 1. The van der Waals surface area contributed by atoms with Gasteiger partial charge < -0.3 is 15.4 Å². The summed E-state index contributed by atoms with van der Waals surface area (Å²) in [6.45, 7) is 3.36. The van der Waals surface area contributed by atoms with Crippen LogP contribution in [0.4, 0.5) is 5.69 Å². The number of ether oxygens (including phenoxy) is 1. The van der Waals surface area contributed by atoms with Crippen LogP contribution in [0.15, 0.2) is 24.3 Å². The van der Waals surface area contributed by atoms with Gasteiger partial charge in [0, 0.05) is 25.3 Å². The lowest BCUT2D eigenvalue weighted by molar-refractivity contribution is -0.122. The van der Waals surface area contributed by atoms with Gasteiger partial charge in [-0.3, -0.25) is 9.59 Å². The van der Waals surface area contributed by atoms with E-state index < -0.39 is 5.91 Å². The number of amides is 2. The highest BCUT2D eigenvalue weighted by atomic mass is 16.5. The van der Waals surface area contributed by atoms with Crippen LogP contribution in [-0.2, 0) is 14.3 Å². The SMILES string of the molecule is Cc1cccc(N(CCC(N)=O)C(=O)C2CCOC2)c1. The van der Waals surface area contributed by atoms with Gasteiger partial charge in [0.25, 0.3) is 0 Å². The first kappa shape index (κ1) is 14.5. The molecule has 0 spiro atoms. The molecule has 2 rings (SSSR count). The van der Waals surface area contributed by atoms with E-state index in [1.165, 1.54) is 0 Å². The van der Waals surface area contributed by atoms with Crippen LogP contribution in [-0.4, -0.2) is 31.6 Å². The van der Waals surface area contributed by atoms with Crippen molar-refractivity contribution in [2.75, 3.05) is 24.7 Å². The lowest BCUT2D eigenvalue weighted by atomic mass is 10.1. The fourth-order valence-corrected chi connectivity index (χ4v) is 2.33. The third-order valence-corrected chi connectivity index (χ3v) is 3.44. The Morgan fingerprint density at radius 3 is 2.85 bits per heavy atom. The highest BCUT2D eigenvalue weighted by molar-refractivity contribution is 5.96. The molecule has 0 aliphatic carbocycles. The second-order valence-corrected chi connectivity index (χ2v) is 5.11. The molecule has 1 aliphatic rings. The van der Waals surface area contributed by atoms with Gasteiger partial charge in [0.15, 0.2) is 0 Å². The van der Waals surface area contributed by atoms with E-state index in [9.17, 15) is 9.59 Å². The maximum Gasteiger partial charge on any atom is 0.232 e. The summed E-state index contributed by atoms with van der Waals surface area (Å²) in [6, 6.07) is 7.69. The third-order valence-electron chi connectivity index (χ3n) is 3.44. The van der Waals surface area contributed by atoms with E-state index >= 15 is 0 Å². The van der Waals surface area contributed by atoms with Crippen LogP contribution in [0.2, 0.25) is 0 Å². The minimum atomic E-state index is -0.405. The number of nitrogens with zero attached hydrogens (tertiary/aromatic N) is 1. The average molecular weight is 276 g/mol. The molecule has 1 atom stereocenters. The molecule has 1 aliphatic heterocycles. The van der Waals surface area contributed by atoms with Crippen molar-refractivity contribution in [3.63, 3.8) is 0 Å². The van der Waals surface area contributed by atoms with Crippen LogP contribution >= 0.6 is 0 Å². The molecule has 5 nitrogen and oxygen atoms in total. The molecule has 0 bridgehead atoms. The Morgan fingerprint density at radius 2 is 2.25 bits per heavy atom. The molecule has 2 N–H and O–H groups in total. The highest BCUT2D eigenvalue weighted by Crippen LogP contribution is 2.22. The minimum Gasteiger partial charge on any atom is -0.381 e. The smallest absolute Gasteiger partial charge is 0.232 e. The molecule has 1 aromatic carbocycles. The number of anilines is 1. The zero-order valence-corrected chi connectivity index (χ0v) is 11.7. The van der Waals surface area contributed by atoms with Crippen molar-refractivity contribution < 1.29 is 14.3 Å². The second-order valence-electron chi connectivity index (χ2n) is 5.11. The summed E-state index contributed by atoms with van der Waals surface area (Å²) in [5.41, 5.74) is 7.08. The molecule has 1 aromatic rings. The Bertz CT molecular complexity index is 496. The number of carbonyl (C=O) groups excluding carboxylic acids is 2. The first-order valence-electron chi connectivity index (χ1n) is 6.82. The van der Waals surface area contributed by atoms with Gasteiger partial charge in [-0.05, 0) is 31.0 Å². The van der Waals surface area contributed by atoms with Gasteiger partial charge in [0.05, 0.1) is 12.5 Å². The molecular weight excluding hydrogens is 256 g/mol. The lowest BCUT2D eigenvalue weighted by Gasteiger charge is -2.25. The van der Waals surface area contributed by atoms with Gasteiger partial charge in [-0.25, -0.2) is 0 Å². The predicted octanol–water partition coefficient (Wildman–Crippen LogP) is 1.24. The van der Waals surface area contributed by atoms with Crippen LogP contribution in [0.25, 0.3) is 0 Å². The molecule has 5 heteroatoms. The number of aryl methyl sites for hydroxylation is 1. The van der Waals surface area contributed by atoms with Crippen LogP contribution < -0.4 is 10.6 Å². The van der Waals surface area contributed by atoms with Crippen LogP contribution in [0.3, 0.4) is 0 Å². The molecule has 1 heterocycles. The monoisotopic (exact) mass is 276 g/mol. The molecule has 0 aromatic heterocycles. The van der Waals surface area contributed by atoms with Gasteiger partial charge >= 0.3 is 0 Å². The van der Waals surface area contributed by atoms with Crippen LogP contribution in [0, 0.1) is 12.8 Å². The normalized spacial score (nSPS) is 17.9. The maximum atomic E-state index is 12.6. The summed E-state index contributed by atoms with van der Waals surface area (Å²) < 4.78 is 5.27. The van der Waals surface area contributed by atoms with Crippen molar-refractivity contribution in [2.24, 2.45) is 11.7 Å². The molecule has 1 saturated heterocycles. The van der Waals surface area contributed by atoms with Gasteiger partial charge in [-0.1, -0.05) is 12.1 Å². The third kappa shape index (κ3) is 3.57. The van der Waals surface area contributed by atoms with Crippen molar-refractivity contribution in [3.05, 3.63) is 29.8 Å². The molecule has 1 fully saturated rings. The van der Waals surface area contributed by atoms with E-state index in [1.807, 2.05) is 31.2 Å². The number of primary amides is 1. The molecule has 0 radical (unpaired) electrons. The zero-order valence-electron chi connectivity index (χ0n) is 11.7. The number of nitrogens with two attached hydrogens (primary N) is 1. The van der Waals surface area contributed by atoms with Crippen LogP contribution in [0.1, 0.15) is 18.4 Å². The fraction of sp³-hybridized carbons (Fsp3) is 0.467. The zero-order chi connectivity index (χ0) is 14.5. The topological polar surface area (TPSA) is 72.6 Å². The summed E-state index contributed by atoms with van der Waals surface area (Å²) in [5, 5.41) is 0. The minimum absolute atomic E-state index is 0.00866. The largest absolute Gasteiger partial charge is 0.381 e. The number of carbonyl (C=O) groups is 2. The van der Waals surface area contributed by atoms with Gasteiger partial charge in [0.2, 0.25) is 11.8 Å². The first-order valence-corrected chi connectivity index (χ1v) is 6.82. The average Bonchev–Trinajstić information content (AvgIpc) is 2.92. The Hall–Kier alpha value is -1.88. The van der Waals surface area contributed by atoms with Gasteiger partial charge in [-0.15, -0.1) is 0 Å². The van der Waals surface area contributed by atoms with E-state index in [1.54, 1.807) is 4.90 Å². The highest BCUT2D eigenvalue weighted by Gasteiger charge is 2.29. The Kier molecular flexibility index (Phi) is 4.74. The Morgan fingerprint density at radius 1 is 1.45 bits per heavy atom. The second kappa shape index (κ2) is 6.52. The van der Waals surface area contributed by atoms with Crippen molar-refractivity contribution in [1.82, 2.24) is 0 Å². The standard InChI is InChI=1S/C15H20N2O3/c1-11-3-2-4-13(9-11)17(7-5-14(16)18)15(19)12-6-8-20-10-12/h2-4,9,12H,5-8,10H2,1H3,(H2,16,18).